The van der Waals surface area contributed by atoms with E-state index in [-0.39, 0.29) is 10.6 Å². The molecule has 1 saturated heterocycles. The summed E-state index contributed by atoms with van der Waals surface area (Å²) in [4.78, 5) is 12.8. The van der Waals surface area contributed by atoms with Crippen molar-refractivity contribution < 1.29 is 9.66 Å². The maximum atomic E-state index is 11.1. The molecular formula is C10H12N2O3S2. The molecule has 1 aliphatic rings. The highest BCUT2D eigenvalue weighted by molar-refractivity contribution is 8.04. The fourth-order valence-electron chi connectivity index (χ4n) is 1.68. The van der Waals surface area contributed by atoms with E-state index in [1.54, 1.807) is 5.41 Å². The van der Waals surface area contributed by atoms with E-state index in [9.17, 15) is 10.1 Å². The lowest BCUT2D eigenvalue weighted by Crippen LogP contribution is -2.36. The first-order valence-electron chi connectivity index (χ1n) is 5.10. The summed E-state index contributed by atoms with van der Waals surface area (Å²) in [5, 5.41) is 14.6. The van der Waals surface area contributed by atoms with E-state index in [2.05, 4.69) is 6.58 Å². The average Bonchev–Trinajstić information content (AvgIpc) is 2.74. The molecule has 1 aromatic heterocycles. The van der Waals surface area contributed by atoms with Crippen LogP contribution in [0.3, 0.4) is 0 Å². The van der Waals surface area contributed by atoms with Gasteiger partial charge in [0.05, 0.1) is 18.1 Å². The second kappa shape index (κ2) is 5.52. The first-order chi connectivity index (χ1) is 8.24. The van der Waals surface area contributed by atoms with Crippen LogP contribution in [0.2, 0.25) is 0 Å². The van der Waals surface area contributed by atoms with Crippen LogP contribution >= 0.6 is 23.1 Å². The number of morpholine rings is 1. The maximum absolute atomic E-state index is 11.1. The van der Waals surface area contributed by atoms with Crippen LogP contribution in [0.4, 0.5) is 11.4 Å². The monoisotopic (exact) mass is 272 g/mol. The number of hydrogen-bond acceptors (Lipinski definition) is 6. The molecule has 0 unspecified atom stereocenters. The Balaban J connectivity index is 2.32. The van der Waals surface area contributed by atoms with E-state index in [0.29, 0.717) is 36.2 Å². The number of thioether (sulfide) groups is 1. The molecule has 0 aliphatic carbocycles. The Kier molecular flexibility index (Phi) is 4.03. The van der Waals surface area contributed by atoms with Crippen molar-refractivity contribution in [2.45, 2.75) is 4.21 Å². The van der Waals surface area contributed by atoms with Crippen molar-refractivity contribution in [1.82, 2.24) is 0 Å². The highest BCUT2D eigenvalue weighted by Gasteiger charge is 2.27. The van der Waals surface area contributed by atoms with Crippen LogP contribution in [0.5, 0.6) is 0 Å². The van der Waals surface area contributed by atoms with Crippen molar-refractivity contribution in [3.8, 4) is 0 Å². The lowest BCUT2D eigenvalue weighted by molar-refractivity contribution is -0.386. The molecule has 1 fully saturated rings. The van der Waals surface area contributed by atoms with Crippen molar-refractivity contribution >= 4 is 34.5 Å². The summed E-state index contributed by atoms with van der Waals surface area (Å²) in [7, 11) is 0. The van der Waals surface area contributed by atoms with Gasteiger partial charge in [0.2, 0.25) is 0 Å². The molecule has 0 bridgehead atoms. The molecule has 0 saturated carbocycles. The molecule has 2 rings (SSSR count). The number of thiophene rings is 1. The quantitative estimate of drug-likeness (QED) is 0.479. The number of nitro groups is 1. The van der Waals surface area contributed by atoms with Crippen molar-refractivity contribution in [3.63, 3.8) is 0 Å². The fourth-order valence-corrected chi connectivity index (χ4v) is 3.46. The summed E-state index contributed by atoms with van der Waals surface area (Å²) < 4.78 is 5.93. The Bertz CT molecular complexity index is 427. The molecular weight excluding hydrogens is 260 g/mol. The number of rotatable bonds is 4. The van der Waals surface area contributed by atoms with Gasteiger partial charge in [-0.15, -0.1) is 11.3 Å². The van der Waals surface area contributed by atoms with E-state index in [4.69, 9.17) is 4.74 Å². The molecule has 0 atom stereocenters. The van der Waals surface area contributed by atoms with Crippen LogP contribution in [0.1, 0.15) is 0 Å². The summed E-state index contributed by atoms with van der Waals surface area (Å²) in [6, 6.07) is 0. The zero-order valence-electron chi connectivity index (χ0n) is 9.13. The third kappa shape index (κ3) is 2.62. The lowest BCUT2D eigenvalue weighted by Gasteiger charge is -2.27. The van der Waals surface area contributed by atoms with Crippen LogP contribution in [-0.2, 0) is 4.74 Å². The van der Waals surface area contributed by atoms with Gasteiger partial charge >= 0.3 is 5.69 Å². The molecule has 7 heteroatoms. The predicted octanol–water partition coefficient (Wildman–Crippen LogP) is 2.73. The van der Waals surface area contributed by atoms with E-state index in [1.165, 1.54) is 23.1 Å². The lowest BCUT2D eigenvalue weighted by atomic mass is 10.3. The molecule has 1 aliphatic heterocycles. The smallest absolute Gasteiger partial charge is 0.317 e. The zero-order chi connectivity index (χ0) is 12.3. The number of anilines is 1. The van der Waals surface area contributed by atoms with Gasteiger partial charge in [0.25, 0.3) is 0 Å². The highest BCUT2D eigenvalue weighted by atomic mass is 32.2. The number of nitrogens with zero attached hydrogens (tertiary/aromatic N) is 2. The molecule has 1 aromatic rings. The van der Waals surface area contributed by atoms with Gasteiger partial charge in [-0.2, -0.15) is 0 Å². The number of hydrogen-bond donors (Lipinski definition) is 0. The van der Waals surface area contributed by atoms with Gasteiger partial charge in [0, 0.05) is 18.5 Å². The summed E-state index contributed by atoms with van der Waals surface area (Å²) >= 11 is 2.69. The van der Waals surface area contributed by atoms with Crippen LogP contribution in [-0.4, -0.2) is 31.2 Å². The van der Waals surface area contributed by atoms with Crippen molar-refractivity contribution in [3.05, 3.63) is 27.5 Å². The van der Waals surface area contributed by atoms with E-state index in [0.717, 1.165) is 0 Å². The maximum Gasteiger partial charge on any atom is 0.317 e. The second-order valence-corrected chi connectivity index (χ2v) is 5.51. The first kappa shape index (κ1) is 12.4. The van der Waals surface area contributed by atoms with Gasteiger partial charge in [-0.25, -0.2) is 0 Å². The van der Waals surface area contributed by atoms with Gasteiger partial charge in [0.1, 0.15) is 9.90 Å². The van der Waals surface area contributed by atoms with Crippen LogP contribution in [0, 0.1) is 10.1 Å². The van der Waals surface area contributed by atoms with Crippen molar-refractivity contribution in [2.24, 2.45) is 0 Å². The van der Waals surface area contributed by atoms with E-state index < -0.39 is 0 Å². The van der Waals surface area contributed by atoms with Gasteiger partial charge in [-0.1, -0.05) is 18.3 Å². The van der Waals surface area contributed by atoms with Gasteiger partial charge in [-0.05, 0) is 5.41 Å². The topological polar surface area (TPSA) is 55.6 Å². The summed E-state index contributed by atoms with van der Waals surface area (Å²) in [5.41, 5.74) is 0.898. The van der Waals surface area contributed by atoms with Gasteiger partial charge < -0.3 is 9.64 Å². The third-order valence-corrected chi connectivity index (χ3v) is 4.34. The van der Waals surface area contributed by atoms with Crippen molar-refractivity contribution in [1.29, 1.82) is 0 Å². The second-order valence-electron chi connectivity index (χ2n) is 3.40. The molecule has 0 N–H and O–H groups in total. The molecule has 0 spiro atoms. The molecule has 17 heavy (non-hydrogen) atoms. The van der Waals surface area contributed by atoms with E-state index >= 15 is 0 Å². The Morgan fingerprint density at radius 1 is 1.59 bits per heavy atom. The first-order valence-corrected chi connectivity index (χ1v) is 6.86. The van der Waals surface area contributed by atoms with Crippen LogP contribution < -0.4 is 4.90 Å². The predicted molar refractivity (Wildman–Crippen MR) is 70.1 cm³/mol. The number of ether oxygens (including phenoxy) is 1. The average molecular weight is 272 g/mol. The Morgan fingerprint density at radius 3 is 2.88 bits per heavy atom. The van der Waals surface area contributed by atoms with E-state index in [1.807, 2.05) is 10.3 Å². The Hall–Kier alpha value is -1.05. The fraction of sp³-hybridized carbons (Fsp3) is 0.400. The van der Waals surface area contributed by atoms with Crippen LogP contribution in [0.15, 0.2) is 21.6 Å². The Labute approximate surface area is 107 Å². The molecule has 0 amide bonds. The van der Waals surface area contributed by atoms with Crippen LogP contribution in [0.25, 0.3) is 0 Å². The minimum atomic E-state index is -0.312. The third-order valence-electron chi connectivity index (χ3n) is 2.44. The molecule has 2 heterocycles. The minimum absolute atomic E-state index is 0.196. The standard InChI is InChI=1S/C10H12N2O3S2/c1-2-16-10-9(12(13)14)8(7-17-10)11-3-5-15-6-4-11/h2,7H,1,3-6H2. The Morgan fingerprint density at radius 2 is 2.29 bits per heavy atom. The summed E-state index contributed by atoms with van der Waals surface area (Å²) in [6.45, 7) is 6.24. The largest absolute Gasteiger partial charge is 0.378 e. The molecule has 0 radical (unpaired) electrons. The van der Waals surface area contributed by atoms with Crippen molar-refractivity contribution in [2.75, 3.05) is 31.2 Å². The normalized spacial score (nSPS) is 15.9. The van der Waals surface area contributed by atoms with Gasteiger partial charge in [-0.3, -0.25) is 10.1 Å². The highest BCUT2D eigenvalue weighted by Crippen LogP contribution is 2.43. The molecule has 5 nitrogen and oxygen atoms in total. The zero-order valence-corrected chi connectivity index (χ0v) is 10.8. The molecule has 92 valence electrons. The summed E-state index contributed by atoms with van der Waals surface area (Å²) in [6.07, 6.45) is 0. The van der Waals surface area contributed by atoms with Gasteiger partial charge in [0.15, 0.2) is 0 Å². The SMILES string of the molecule is C=CSc1scc(N2CCOCC2)c1[N+](=O)[O-]. The minimum Gasteiger partial charge on any atom is -0.378 e. The molecule has 0 aromatic carbocycles. The summed E-state index contributed by atoms with van der Waals surface area (Å²) in [5.74, 6) is 0.